The molecule has 0 saturated heterocycles. The summed E-state index contributed by atoms with van der Waals surface area (Å²) in [6.45, 7) is 0.675. The van der Waals surface area contributed by atoms with Crippen molar-refractivity contribution in [3.8, 4) is 0 Å². The van der Waals surface area contributed by atoms with Gasteiger partial charge in [-0.1, -0.05) is 6.07 Å². The number of benzene rings is 1. The molecule has 0 aliphatic heterocycles. The monoisotopic (exact) mass is 250 g/mol. The van der Waals surface area contributed by atoms with Gasteiger partial charge in [-0.2, -0.15) is 0 Å². The average molecular weight is 250 g/mol. The van der Waals surface area contributed by atoms with E-state index in [1.807, 2.05) is 42.6 Å². The van der Waals surface area contributed by atoms with Crippen LogP contribution in [0.1, 0.15) is 5.69 Å². The van der Waals surface area contributed by atoms with Gasteiger partial charge in [-0.25, -0.2) is 0 Å². The van der Waals surface area contributed by atoms with E-state index in [4.69, 9.17) is 5.73 Å². The lowest BCUT2D eigenvalue weighted by molar-refractivity contribution is 1.05. The first kappa shape index (κ1) is 11.5. The normalized spacial score (nSPS) is 10.5. The minimum absolute atomic E-state index is 0.675. The molecule has 4 heteroatoms. The summed E-state index contributed by atoms with van der Waals surface area (Å²) in [5.74, 6) is 0. The number of fused-ring (bicyclic) bond motifs is 1. The third kappa shape index (κ3) is 2.33. The summed E-state index contributed by atoms with van der Waals surface area (Å²) in [6, 6.07) is 11.7. The molecule has 1 aromatic carbocycles. The van der Waals surface area contributed by atoms with E-state index in [9.17, 15) is 0 Å². The SMILES string of the molecule is Nc1ccc(NCc2ccccn2)c2cnccc12. The molecule has 2 heterocycles. The zero-order valence-corrected chi connectivity index (χ0v) is 10.4. The van der Waals surface area contributed by atoms with Crippen molar-refractivity contribution >= 4 is 22.1 Å². The molecule has 0 bridgehead atoms. The van der Waals surface area contributed by atoms with E-state index in [1.54, 1.807) is 12.4 Å². The first-order chi connectivity index (χ1) is 9.34. The quantitative estimate of drug-likeness (QED) is 0.702. The first-order valence-corrected chi connectivity index (χ1v) is 6.10. The van der Waals surface area contributed by atoms with Crippen LogP contribution in [0.2, 0.25) is 0 Å². The van der Waals surface area contributed by atoms with E-state index in [0.29, 0.717) is 6.54 Å². The smallest absolute Gasteiger partial charge is 0.0594 e. The van der Waals surface area contributed by atoms with E-state index >= 15 is 0 Å². The van der Waals surface area contributed by atoms with Crippen LogP contribution in [0.3, 0.4) is 0 Å². The Bertz CT molecular complexity index is 695. The highest BCUT2D eigenvalue weighted by atomic mass is 14.9. The molecule has 0 amide bonds. The van der Waals surface area contributed by atoms with Gasteiger partial charge in [0.25, 0.3) is 0 Å². The molecule has 0 aliphatic rings. The van der Waals surface area contributed by atoms with Crippen LogP contribution in [0.4, 0.5) is 11.4 Å². The molecule has 2 aromatic heterocycles. The van der Waals surface area contributed by atoms with E-state index in [1.165, 1.54) is 0 Å². The van der Waals surface area contributed by atoms with Crippen molar-refractivity contribution < 1.29 is 0 Å². The highest BCUT2D eigenvalue weighted by Gasteiger charge is 2.04. The van der Waals surface area contributed by atoms with Gasteiger partial charge in [0.15, 0.2) is 0 Å². The number of hydrogen-bond acceptors (Lipinski definition) is 4. The summed E-state index contributed by atoms with van der Waals surface area (Å²) < 4.78 is 0. The molecule has 0 atom stereocenters. The summed E-state index contributed by atoms with van der Waals surface area (Å²) in [5.41, 5.74) is 8.74. The van der Waals surface area contributed by atoms with Crippen molar-refractivity contribution in [2.45, 2.75) is 6.54 Å². The maximum atomic E-state index is 5.96. The van der Waals surface area contributed by atoms with E-state index in [-0.39, 0.29) is 0 Å². The second-order valence-corrected chi connectivity index (χ2v) is 4.30. The van der Waals surface area contributed by atoms with Crippen LogP contribution < -0.4 is 11.1 Å². The molecule has 0 radical (unpaired) electrons. The van der Waals surface area contributed by atoms with Gasteiger partial charge in [0.2, 0.25) is 0 Å². The van der Waals surface area contributed by atoms with Crippen LogP contribution in [-0.2, 0) is 6.54 Å². The Balaban J connectivity index is 1.91. The second-order valence-electron chi connectivity index (χ2n) is 4.30. The Kier molecular flexibility index (Phi) is 2.98. The maximum Gasteiger partial charge on any atom is 0.0594 e. The first-order valence-electron chi connectivity index (χ1n) is 6.10. The number of hydrogen-bond donors (Lipinski definition) is 2. The van der Waals surface area contributed by atoms with Crippen molar-refractivity contribution in [3.05, 3.63) is 60.7 Å². The van der Waals surface area contributed by atoms with Crippen LogP contribution in [0.15, 0.2) is 55.0 Å². The fourth-order valence-corrected chi connectivity index (χ4v) is 2.06. The summed E-state index contributed by atoms with van der Waals surface area (Å²) >= 11 is 0. The number of aromatic nitrogens is 2. The summed E-state index contributed by atoms with van der Waals surface area (Å²) in [7, 11) is 0. The number of nitrogens with two attached hydrogens (primary N) is 1. The minimum atomic E-state index is 0.675. The number of nitrogens with one attached hydrogen (secondary N) is 1. The molecule has 3 aromatic rings. The number of rotatable bonds is 3. The lowest BCUT2D eigenvalue weighted by Crippen LogP contribution is -2.02. The maximum absolute atomic E-state index is 5.96. The van der Waals surface area contributed by atoms with Crippen LogP contribution in [-0.4, -0.2) is 9.97 Å². The van der Waals surface area contributed by atoms with Crippen LogP contribution in [0, 0.1) is 0 Å². The van der Waals surface area contributed by atoms with Crippen LogP contribution in [0.25, 0.3) is 10.8 Å². The van der Waals surface area contributed by atoms with Crippen molar-refractivity contribution in [3.63, 3.8) is 0 Å². The third-order valence-electron chi connectivity index (χ3n) is 3.04. The molecule has 0 unspecified atom stereocenters. The standard InChI is InChI=1S/C15H14N4/c16-14-4-5-15(13-10-17-8-6-12(13)14)19-9-11-3-1-2-7-18-11/h1-8,10,19H,9,16H2. The summed E-state index contributed by atoms with van der Waals surface area (Å²) in [4.78, 5) is 8.45. The molecule has 94 valence electrons. The molecule has 3 N–H and O–H groups in total. The minimum Gasteiger partial charge on any atom is -0.398 e. The van der Waals surface area contributed by atoms with E-state index < -0.39 is 0 Å². The largest absolute Gasteiger partial charge is 0.398 e. The topological polar surface area (TPSA) is 63.8 Å². The zero-order valence-electron chi connectivity index (χ0n) is 10.4. The lowest BCUT2D eigenvalue weighted by Gasteiger charge is -2.10. The van der Waals surface area contributed by atoms with Gasteiger partial charge in [-0.3, -0.25) is 9.97 Å². The average Bonchev–Trinajstić information content (AvgIpc) is 2.48. The Morgan fingerprint density at radius 3 is 2.79 bits per heavy atom. The van der Waals surface area contributed by atoms with Gasteiger partial charge in [0.05, 0.1) is 12.2 Å². The van der Waals surface area contributed by atoms with Crippen molar-refractivity contribution in [2.75, 3.05) is 11.1 Å². The molecular formula is C15H14N4. The Morgan fingerprint density at radius 2 is 1.95 bits per heavy atom. The van der Waals surface area contributed by atoms with Crippen LogP contribution in [0.5, 0.6) is 0 Å². The number of anilines is 2. The zero-order chi connectivity index (χ0) is 13.1. The summed E-state index contributed by atoms with van der Waals surface area (Å²) in [6.07, 6.45) is 5.37. The Labute approximate surface area is 111 Å². The number of nitrogen functional groups attached to an aromatic ring is 1. The molecule has 3 rings (SSSR count). The van der Waals surface area contributed by atoms with Gasteiger partial charge in [0, 0.05) is 40.7 Å². The van der Waals surface area contributed by atoms with Crippen LogP contribution >= 0.6 is 0 Å². The van der Waals surface area contributed by atoms with Crippen molar-refractivity contribution in [1.82, 2.24) is 9.97 Å². The van der Waals surface area contributed by atoms with Gasteiger partial charge in [-0.05, 0) is 30.3 Å². The van der Waals surface area contributed by atoms with Gasteiger partial charge in [-0.15, -0.1) is 0 Å². The van der Waals surface area contributed by atoms with E-state index in [0.717, 1.165) is 27.8 Å². The highest BCUT2D eigenvalue weighted by molar-refractivity contribution is 6.00. The van der Waals surface area contributed by atoms with E-state index in [2.05, 4.69) is 15.3 Å². The lowest BCUT2D eigenvalue weighted by atomic mass is 10.1. The third-order valence-corrected chi connectivity index (χ3v) is 3.04. The molecule has 0 saturated carbocycles. The molecule has 4 nitrogen and oxygen atoms in total. The number of nitrogens with zero attached hydrogens (tertiary/aromatic N) is 2. The fourth-order valence-electron chi connectivity index (χ4n) is 2.06. The van der Waals surface area contributed by atoms with Crippen molar-refractivity contribution in [1.29, 1.82) is 0 Å². The molecule has 19 heavy (non-hydrogen) atoms. The van der Waals surface area contributed by atoms with Crippen molar-refractivity contribution in [2.24, 2.45) is 0 Å². The molecule has 0 fully saturated rings. The Morgan fingerprint density at radius 1 is 1.00 bits per heavy atom. The predicted octanol–water partition coefficient (Wildman–Crippen LogP) is 2.82. The number of pyridine rings is 2. The highest BCUT2D eigenvalue weighted by Crippen LogP contribution is 2.27. The fraction of sp³-hybridized carbons (Fsp3) is 0.0667. The van der Waals surface area contributed by atoms with Gasteiger partial charge in [0.1, 0.15) is 0 Å². The van der Waals surface area contributed by atoms with Gasteiger partial charge < -0.3 is 11.1 Å². The molecule has 0 aliphatic carbocycles. The Hall–Kier alpha value is -2.62. The second kappa shape index (κ2) is 4.94. The molecule has 0 spiro atoms. The predicted molar refractivity (Wildman–Crippen MR) is 77.7 cm³/mol. The van der Waals surface area contributed by atoms with Gasteiger partial charge >= 0.3 is 0 Å². The summed E-state index contributed by atoms with van der Waals surface area (Å²) in [5, 5.41) is 5.41. The molecular weight excluding hydrogens is 236 g/mol.